The topological polar surface area (TPSA) is 118 Å². The standard InChI is InChI=1S/C9H16O6/c1-4(2)6(12)8(14)9(15)7(13)5(11)3-10/h5,7,9-13,15H,3H2,1-2H3/t5-,7+,9-/m1/s1. The average Bonchev–Trinajstić information content (AvgIpc) is 2.23. The number of aliphatic hydroxyl groups excluding tert-OH is 5. The summed E-state index contributed by atoms with van der Waals surface area (Å²) >= 11 is 0. The van der Waals surface area contributed by atoms with Crippen molar-refractivity contribution in [1.29, 1.82) is 0 Å². The van der Waals surface area contributed by atoms with Crippen LogP contribution in [0.3, 0.4) is 0 Å². The molecule has 0 unspecified atom stereocenters. The maximum absolute atomic E-state index is 11.2. The minimum atomic E-state index is -1.96. The van der Waals surface area contributed by atoms with Crippen molar-refractivity contribution in [2.45, 2.75) is 32.2 Å². The highest BCUT2D eigenvalue weighted by Crippen LogP contribution is 2.08. The molecule has 0 saturated heterocycles. The highest BCUT2D eigenvalue weighted by molar-refractivity contribution is 5.97. The van der Waals surface area contributed by atoms with E-state index in [0.29, 0.717) is 0 Å². The normalized spacial score (nSPS) is 16.7. The molecule has 0 spiro atoms. The average molecular weight is 220 g/mol. The summed E-state index contributed by atoms with van der Waals surface area (Å²) in [5.74, 6) is -1.75. The number of hydrogen-bond donors (Lipinski definition) is 5. The van der Waals surface area contributed by atoms with Crippen LogP contribution in [-0.4, -0.2) is 56.2 Å². The molecule has 0 saturated carbocycles. The van der Waals surface area contributed by atoms with Gasteiger partial charge in [-0.15, -0.1) is 0 Å². The van der Waals surface area contributed by atoms with Crippen LogP contribution >= 0.6 is 0 Å². The van der Waals surface area contributed by atoms with E-state index in [-0.39, 0.29) is 5.57 Å². The van der Waals surface area contributed by atoms with Crippen LogP contribution in [-0.2, 0) is 4.79 Å². The third-order valence-electron chi connectivity index (χ3n) is 1.88. The van der Waals surface area contributed by atoms with Gasteiger partial charge in [0, 0.05) is 0 Å². The predicted octanol–water partition coefficient (Wildman–Crippen LogP) is -1.52. The van der Waals surface area contributed by atoms with Gasteiger partial charge in [-0.05, 0) is 19.4 Å². The zero-order valence-electron chi connectivity index (χ0n) is 8.58. The molecular weight excluding hydrogens is 204 g/mol. The molecule has 0 aromatic rings. The van der Waals surface area contributed by atoms with Crippen molar-refractivity contribution < 1.29 is 30.3 Å². The number of allylic oxidation sites excluding steroid dienone is 1. The van der Waals surface area contributed by atoms with E-state index in [2.05, 4.69) is 0 Å². The fraction of sp³-hybridized carbons (Fsp3) is 0.667. The van der Waals surface area contributed by atoms with E-state index >= 15 is 0 Å². The second kappa shape index (κ2) is 5.82. The maximum atomic E-state index is 11.2. The van der Waals surface area contributed by atoms with Gasteiger partial charge in [0.15, 0.2) is 5.76 Å². The Bertz CT molecular complexity index is 255. The summed E-state index contributed by atoms with van der Waals surface area (Å²) < 4.78 is 0. The molecule has 0 aromatic carbocycles. The number of carbonyl (C=O) groups excluding carboxylic acids is 1. The van der Waals surface area contributed by atoms with Crippen LogP contribution in [0.1, 0.15) is 13.8 Å². The molecule has 6 heteroatoms. The van der Waals surface area contributed by atoms with Gasteiger partial charge in [-0.3, -0.25) is 4.79 Å². The minimum Gasteiger partial charge on any atom is -0.504 e. The molecule has 0 fully saturated rings. The van der Waals surface area contributed by atoms with Crippen LogP contribution in [0.4, 0.5) is 0 Å². The summed E-state index contributed by atoms with van der Waals surface area (Å²) in [7, 11) is 0. The Morgan fingerprint density at radius 2 is 1.67 bits per heavy atom. The third kappa shape index (κ3) is 3.60. The molecule has 0 amide bonds. The second-order valence-electron chi connectivity index (χ2n) is 3.40. The quantitative estimate of drug-likeness (QED) is 0.284. The lowest BCUT2D eigenvalue weighted by atomic mass is 10.0. The summed E-state index contributed by atoms with van der Waals surface area (Å²) in [6.45, 7) is 2.12. The molecule has 0 rings (SSSR count). The summed E-state index contributed by atoms with van der Waals surface area (Å²) in [6.07, 6.45) is -5.42. The summed E-state index contributed by atoms with van der Waals surface area (Å²) in [4.78, 5) is 11.2. The minimum absolute atomic E-state index is 0.282. The van der Waals surface area contributed by atoms with Crippen molar-refractivity contribution >= 4 is 5.78 Å². The van der Waals surface area contributed by atoms with Gasteiger partial charge >= 0.3 is 0 Å². The molecule has 15 heavy (non-hydrogen) atoms. The highest BCUT2D eigenvalue weighted by atomic mass is 16.4. The molecule has 3 atom stereocenters. The molecule has 0 aliphatic carbocycles. The van der Waals surface area contributed by atoms with Crippen molar-refractivity contribution in [3.8, 4) is 0 Å². The second-order valence-corrected chi connectivity index (χ2v) is 3.40. The van der Waals surface area contributed by atoms with Gasteiger partial charge in [0.05, 0.1) is 6.61 Å². The smallest absolute Gasteiger partial charge is 0.228 e. The molecule has 0 aromatic heterocycles. The monoisotopic (exact) mass is 220 g/mol. The number of aliphatic hydroxyl groups is 5. The predicted molar refractivity (Wildman–Crippen MR) is 51.1 cm³/mol. The Labute approximate surface area is 87.1 Å². The third-order valence-corrected chi connectivity index (χ3v) is 1.88. The largest absolute Gasteiger partial charge is 0.504 e. The van der Waals surface area contributed by atoms with E-state index in [9.17, 15) is 20.1 Å². The van der Waals surface area contributed by atoms with E-state index in [4.69, 9.17) is 10.2 Å². The molecule has 0 aliphatic heterocycles. The molecule has 0 bridgehead atoms. The van der Waals surface area contributed by atoms with E-state index in [1.165, 1.54) is 13.8 Å². The van der Waals surface area contributed by atoms with Crippen LogP contribution in [0.25, 0.3) is 0 Å². The van der Waals surface area contributed by atoms with Crippen molar-refractivity contribution in [3.63, 3.8) is 0 Å². The van der Waals surface area contributed by atoms with Crippen LogP contribution in [0, 0.1) is 0 Å². The number of Topliss-reactive ketones (excluding diaryl/α,β-unsaturated/α-hetero) is 1. The first-order valence-electron chi connectivity index (χ1n) is 4.38. The zero-order chi connectivity index (χ0) is 12.2. The summed E-state index contributed by atoms with van der Waals surface area (Å²) in [5.41, 5.74) is 0.282. The number of carbonyl (C=O) groups is 1. The van der Waals surface area contributed by atoms with E-state index in [1.54, 1.807) is 0 Å². The Morgan fingerprint density at radius 1 is 1.20 bits per heavy atom. The Hall–Kier alpha value is -0.950. The fourth-order valence-corrected chi connectivity index (χ4v) is 0.860. The van der Waals surface area contributed by atoms with Crippen LogP contribution in [0.5, 0.6) is 0 Å². The van der Waals surface area contributed by atoms with Crippen molar-refractivity contribution in [2.75, 3.05) is 6.61 Å². The first-order valence-corrected chi connectivity index (χ1v) is 4.38. The molecule has 6 nitrogen and oxygen atoms in total. The zero-order valence-corrected chi connectivity index (χ0v) is 8.58. The van der Waals surface area contributed by atoms with Gasteiger partial charge < -0.3 is 25.5 Å². The first-order chi connectivity index (χ1) is 6.82. The molecule has 88 valence electrons. The maximum Gasteiger partial charge on any atom is 0.228 e. The molecule has 5 N–H and O–H groups in total. The Kier molecular flexibility index (Phi) is 5.45. The van der Waals surface area contributed by atoms with Gasteiger partial charge in [-0.2, -0.15) is 0 Å². The van der Waals surface area contributed by atoms with E-state index < -0.39 is 36.5 Å². The number of rotatable bonds is 5. The van der Waals surface area contributed by atoms with Gasteiger partial charge in [0.25, 0.3) is 0 Å². The van der Waals surface area contributed by atoms with Crippen molar-refractivity contribution in [1.82, 2.24) is 0 Å². The number of ketones is 1. The van der Waals surface area contributed by atoms with Crippen LogP contribution < -0.4 is 0 Å². The highest BCUT2D eigenvalue weighted by Gasteiger charge is 2.31. The van der Waals surface area contributed by atoms with Crippen molar-refractivity contribution in [2.24, 2.45) is 0 Å². The summed E-state index contributed by atoms with van der Waals surface area (Å²) in [5, 5.41) is 45.0. The summed E-state index contributed by atoms with van der Waals surface area (Å²) in [6, 6.07) is 0. The van der Waals surface area contributed by atoms with Gasteiger partial charge in [-0.1, -0.05) is 0 Å². The Morgan fingerprint density at radius 3 is 2.00 bits per heavy atom. The van der Waals surface area contributed by atoms with Crippen LogP contribution in [0.2, 0.25) is 0 Å². The lowest BCUT2D eigenvalue weighted by Gasteiger charge is -2.20. The molecule has 0 radical (unpaired) electrons. The molecule has 0 heterocycles. The SMILES string of the molecule is CC(C)=C(O)C(=O)[C@H](O)[C@@H](O)[C@H](O)CO. The lowest BCUT2D eigenvalue weighted by molar-refractivity contribution is -0.138. The molecule has 0 aliphatic rings. The van der Waals surface area contributed by atoms with E-state index in [1.807, 2.05) is 0 Å². The molecular formula is C9H16O6. The number of hydrogen-bond acceptors (Lipinski definition) is 6. The van der Waals surface area contributed by atoms with Gasteiger partial charge in [-0.25, -0.2) is 0 Å². The van der Waals surface area contributed by atoms with E-state index in [0.717, 1.165) is 0 Å². The first kappa shape index (κ1) is 14.1. The van der Waals surface area contributed by atoms with Gasteiger partial charge in [0.1, 0.15) is 18.3 Å². The van der Waals surface area contributed by atoms with Gasteiger partial charge in [0.2, 0.25) is 5.78 Å². The van der Waals surface area contributed by atoms with Crippen molar-refractivity contribution in [3.05, 3.63) is 11.3 Å². The fourth-order valence-electron chi connectivity index (χ4n) is 0.860. The lowest BCUT2D eigenvalue weighted by Crippen LogP contribution is -2.44. The van der Waals surface area contributed by atoms with Crippen LogP contribution in [0.15, 0.2) is 11.3 Å². The Balaban J connectivity index is 4.66.